The molecule has 6 heteroatoms. The van der Waals surface area contributed by atoms with E-state index in [1.54, 1.807) is 6.92 Å². The Morgan fingerprint density at radius 2 is 2.25 bits per heavy atom. The third-order valence-corrected chi connectivity index (χ3v) is 3.93. The van der Waals surface area contributed by atoms with E-state index < -0.39 is 0 Å². The van der Waals surface area contributed by atoms with Crippen LogP contribution in [0.4, 0.5) is 5.82 Å². The molecule has 0 radical (unpaired) electrons. The van der Waals surface area contributed by atoms with Crippen molar-refractivity contribution in [2.45, 2.75) is 20.3 Å². The van der Waals surface area contributed by atoms with Crippen molar-refractivity contribution in [3.63, 3.8) is 0 Å². The van der Waals surface area contributed by atoms with Gasteiger partial charge in [-0.3, -0.25) is 9.59 Å². The first-order valence-corrected chi connectivity index (χ1v) is 7.09. The first-order chi connectivity index (χ1) is 9.60. The molecule has 0 atom stereocenters. The fraction of sp³-hybridized carbons (Fsp3) is 0.214. The smallest absolute Gasteiger partial charge is 0.225 e. The molecule has 1 aromatic carbocycles. The van der Waals surface area contributed by atoms with E-state index in [-0.39, 0.29) is 11.3 Å². The minimum Gasteiger partial charge on any atom is -0.345 e. The van der Waals surface area contributed by atoms with Crippen molar-refractivity contribution < 1.29 is 4.79 Å². The highest BCUT2D eigenvalue weighted by Gasteiger charge is 2.14. The molecule has 0 aliphatic heterocycles. The molecule has 0 fully saturated rings. The number of anilines is 1. The minimum atomic E-state index is -0.152. The van der Waals surface area contributed by atoms with Crippen LogP contribution in [0.15, 0.2) is 23.0 Å². The van der Waals surface area contributed by atoms with Crippen molar-refractivity contribution in [3.8, 4) is 0 Å². The van der Waals surface area contributed by atoms with Gasteiger partial charge >= 0.3 is 0 Å². The Balaban J connectivity index is 2.31. The van der Waals surface area contributed by atoms with Crippen molar-refractivity contribution in [3.05, 3.63) is 34.0 Å². The maximum absolute atomic E-state index is 12.6. The first-order valence-electron chi connectivity index (χ1n) is 6.32. The molecule has 2 N–H and O–H groups in total. The van der Waals surface area contributed by atoms with E-state index in [2.05, 4.69) is 14.7 Å². The normalized spacial score (nSPS) is 11.1. The lowest BCUT2D eigenvalue weighted by Gasteiger charge is -2.02. The number of hydrogen-bond acceptors (Lipinski definition) is 4. The predicted molar refractivity (Wildman–Crippen MR) is 81.4 cm³/mol. The average molecular weight is 287 g/mol. The highest BCUT2D eigenvalue weighted by Crippen LogP contribution is 2.25. The van der Waals surface area contributed by atoms with Crippen molar-refractivity contribution in [2.24, 2.45) is 0 Å². The van der Waals surface area contributed by atoms with Crippen LogP contribution in [0.25, 0.3) is 21.1 Å². The molecule has 1 amide bonds. The van der Waals surface area contributed by atoms with Crippen LogP contribution in [0.1, 0.15) is 18.9 Å². The number of hydrogen-bond donors (Lipinski definition) is 2. The molecule has 0 aliphatic rings. The first kappa shape index (κ1) is 12.8. The van der Waals surface area contributed by atoms with Gasteiger partial charge in [0.15, 0.2) is 5.82 Å². The van der Waals surface area contributed by atoms with Crippen LogP contribution in [0.5, 0.6) is 0 Å². The van der Waals surface area contributed by atoms with Crippen LogP contribution in [0.2, 0.25) is 0 Å². The lowest BCUT2D eigenvalue weighted by molar-refractivity contribution is -0.115. The zero-order valence-electron chi connectivity index (χ0n) is 11.1. The average Bonchev–Trinajstić information content (AvgIpc) is 2.83. The molecular weight excluding hydrogens is 274 g/mol. The number of nitrogens with zero attached hydrogens (tertiary/aromatic N) is 1. The summed E-state index contributed by atoms with van der Waals surface area (Å²) in [7, 11) is 0. The quantitative estimate of drug-likeness (QED) is 0.761. The van der Waals surface area contributed by atoms with Gasteiger partial charge < -0.3 is 10.3 Å². The molecule has 5 nitrogen and oxygen atoms in total. The number of amides is 1. The molecule has 2 aromatic heterocycles. The molecule has 2 heterocycles. The number of fused-ring (bicyclic) bond motifs is 2. The summed E-state index contributed by atoms with van der Waals surface area (Å²) in [6.45, 7) is 3.70. The Hall–Kier alpha value is -2.21. The van der Waals surface area contributed by atoms with Crippen LogP contribution in [0, 0.1) is 6.92 Å². The monoisotopic (exact) mass is 287 g/mol. The van der Waals surface area contributed by atoms with E-state index >= 15 is 0 Å². The molecule has 0 aliphatic carbocycles. The summed E-state index contributed by atoms with van der Waals surface area (Å²) in [5, 5.41) is 3.74. The van der Waals surface area contributed by atoms with Crippen LogP contribution in [-0.2, 0) is 4.79 Å². The molecule has 3 aromatic rings. The van der Waals surface area contributed by atoms with Crippen LogP contribution in [-0.4, -0.2) is 15.3 Å². The summed E-state index contributed by atoms with van der Waals surface area (Å²) < 4.78 is 4.17. The van der Waals surface area contributed by atoms with E-state index in [0.29, 0.717) is 27.8 Å². The van der Waals surface area contributed by atoms with Gasteiger partial charge in [0.05, 0.1) is 5.52 Å². The van der Waals surface area contributed by atoms with Crippen molar-refractivity contribution in [1.82, 2.24) is 9.36 Å². The predicted octanol–water partition coefficient (Wildman–Crippen LogP) is 2.79. The largest absolute Gasteiger partial charge is 0.345 e. The van der Waals surface area contributed by atoms with E-state index in [1.807, 2.05) is 25.1 Å². The third-order valence-electron chi connectivity index (χ3n) is 3.17. The summed E-state index contributed by atoms with van der Waals surface area (Å²) in [5.41, 5.74) is 1.70. The van der Waals surface area contributed by atoms with Gasteiger partial charge in [0.1, 0.15) is 10.2 Å². The number of aryl methyl sites for hydroxylation is 1. The van der Waals surface area contributed by atoms with E-state index in [4.69, 9.17) is 0 Å². The molecule has 0 unspecified atom stereocenters. The Kier molecular flexibility index (Phi) is 3.02. The van der Waals surface area contributed by atoms with E-state index in [1.165, 1.54) is 11.5 Å². The summed E-state index contributed by atoms with van der Waals surface area (Å²) >= 11 is 1.18. The third kappa shape index (κ3) is 1.98. The number of rotatable bonds is 2. The van der Waals surface area contributed by atoms with Gasteiger partial charge in [0, 0.05) is 11.8 Å². The van der Waals surface area contributed by atoms with E-state index in [9.17, 15) is 9.59 Å². The minimum absolute atomic E-state index is 0.0994. The molecule has 0 saturated heterocycles. The van der Waals surface area contributed by atoms with Crippen molar-refractivity contribution >= 4 is 44.4 Å². The Bertz CT molecular complexity index is 879. The molecule has 20 heavy (non-hydrogen) atoms. The zero-order valence-corrected chi connectivity index (χ0v) is 11.9. The molecule has 3 rings (SSSR count). The van der Waals surface area contributed by atoms with Gasteiger partial charge in [-0.15, -0.1) is 0 Å². The number of H-pyrrole nitrogens is 1. The number of aromatic amines is 1. The second kappa shape index (κ2) is 4.72. The topological polar surface area (TPSA) is 74.8 Å². The highest BCUT2D eigenvalue weighted by atomic mass is 32.1. The highest BCUT2D eigenvalue weighted by molar-refractivity contribution is 7.13. The fourth-order valence-corrected chi connectivity index (χ4v) is 2.86. The zero-order chi connectivity index (χ0) is 14.3. The molecule has 102 valence electrons. The number of pyridine rings is 1. The Morgan fingerprint density at radius 1 is 1.45 bits per heavy atom. The Morgan fingerprint density at radius 3 is 3.00 bits per heavy atom. The van der Waals surface area contributed by atoms with Crippen LogP contribution >= 0.6 is 11.5 Å². The Labute approximate surface area is 118 Å². The standard InChI is InChI=1S/C14H13N3O2S/c1-3-10(18)16-13-11-12(19)8-6-7(2)4-5-9(8)15-14(11)20-17-13/h4-6H,3H2,1-2H3,(H,15,19)(H,16,17,18). The number of benzene rings is 1. The molecular formula is C14H13N3O2S. The summed E-state index contributed by atoms with van der Waals surface area (Å²) in [6, 6.07) is 5.68. The van der Waals surface area contributed by atoms with Gasteiger partial charge in [-0.05, 0) is 30.6 Å². The van der Waals surface area contributed by atoms with Crippen molar-refractivity contribution in [2.75, 3.05) is 5.32 Å². The number of aromatic nitrogens is 2. The summed E-state index contributed by atoms with van der Waals surface area (Å²) in [5.74, 6) is 0.197. The van der Waals surface area contributed by atoms with Gasteiger partial charge in [-0.1, -0.05) is 18.6 Å². The molecule has 0 bridgehead atoms. The lowest BCUT2D eigenvalue weighted by Crippen LogP contribution is -2.12. The van der Waals surface area contributed by atoms with E-state index in [0.717, 1.165) is 11.1 Å². The lowest BCUT2D eigenvalue weighted by atomic mass is 10.1. The number of carbonyl (C=O) groups is 1. The van der Waals surface area contributed by atoms with Gasteiger partial charge in [-0.25, -0.2) is 0 Å². The van der Waals surface area contributed by atoms with Crippen LogP contribution < -0.4 is 10.7 Å². The second-order valence-corrected chi connectivity index (χ2v) is 5.41. The summed E-state index contributed by atoms with van der Waals surface area (Å²) in [4.78, 5) is 28.0. The van der Waals surface area contributed by atoms with Crippen molar-refractivity contribution in [1.29, 1.82) is 0 Å². The number of nitrogens with one attached hydrogen (secondary N) is 2. The summed E-state index contributed by atoms with van der Waals surface area (Å²) in [6.07, 6.45) is 0.351. The van der Waals surface area contributed by atoms with Gasteiger partial charge in [-0.2, -0.15) is 4.37 Å². The molecule has 0 saturated carbocycles. The van der Waals surface area contributed by atoms with Gasteiger partial charge in [0.25, 0.3) is 0 Å². The maximum Gasteiger partial charge on any atom is 0.225 e. The van der Waals surface area contributed by atoms with Crippen LogP contribution in [0.3, 0.4) is 0 Å². The maximum atomic E-state index is 12.6. The SMILES string of the molecule is CCC(=O)Nc1nsc2[nH]c3ccc(C)cc3c(=O)c12. The molecule has 0 spiro atoms. The number of carbonyl (C=O) groups excluding carboxylic acids is 1. The van der Waals surface area contributed by atoms with Gasteiger partial charge in [0.2, 0.25) is 11.3 Å². The second-order valence-electron chi connectivity index (χ2n) is 4.64. The fourth-order valence-electron chi connectivity index (χ4n) is 2.10.